The number of hydrogen-bond donors (Lipinski definition) is 4. The van der Waals surface area contributed by atoms with E-state index >= 15 is 0 Å². The van der Waals surface area contributed by atoms with Gasteiger partial charge in [-0.1, -0.05) is 55.6 Å². The van der Waals surface area contributed by atoms with E-state index in [9.17, 15) is 9.90 Å². The van der Waals surface area contributed by atoms with E-state index in [2.05, 4.69) is 34.1 Å². The number of urea groups is 1. The lowest BCUT2D eigenvalue weighted by Crippen LogP contribution is -2.51. The Balaban J connectivity index is 3.20. The number of aliphatic hydroxyl groups excluding tert-OH is 1. The summed E-state index contributed by atoms with van der Waals surface area (Å²) in [6.45, 7) is 15.2. The van der Waals surface area contributed by atoms with Crippen molar-refractivity contribution in [3.8, 4) is 0 Å². The largest absolute Gasteiger partial charge is 0.391 e. The van der Waals surface area contributed by atoms with Crippen molar-refractivity contribution in [3.05, 3.63) is 83.6 Å². The summed E-state index contributed by atoms with van der Waals surface area (Å²) in [4.78, 5) is 17.4. The monoisotopic (exact) mass is 468 g/mol. The van der Waals surface area contributed by atoms with Crippen LogP contribution in [0.3, 0.4) is 0 Å². The van der Waals surface area contributed by atoms with Crippen LogP contribution in [0.5, 0.6) is 0 Å². The number of aliphatic hydroxyl groups is 1. The number of aliphatic imine (C=N–C) groups is 1. The van der Waals surface area contributed by atoms with Crippen LogP contribution in [0.15, 0.2) is 83.1 Å². The molecule has 0 aliphatic rings. The predicted molar refractivity (Wildman–Crippen MR) is 141 cm³/mol. The minimum Gasteiger partial charge on any atom is -0.391 e. The smallest absolute Gasteiger partial charge is 0.319 e. The van der Waals surface area contributed by atoms with Gasteiger partial charge in [-0.25, -0.2) is 4.79 Å². The maximum absolute atomic E-state index is 13.0. The SMILES string of the molecule is C=C/C(=C\C)C(=NC)/C(C)=C(/NC(=O)N[C@H](CNCCOC)[C@H](C)O)C(=C)Cc1ccccc1. The van der Waals surface area contributed by atoms with Gasteiger partial charge in [0.15, 0.2) is 0 Å². The van der Waals surface area contributed by atoms with E-state index in [0.717, 1.165) is 28.0 Å². The van der Waals surface area contributed by atoms with Gasteiger partial charge < -0.3 is 25.8 Å². The number of rotatable bonds is 14. The molecule has 1 rings (SSSR count). The number of hydrogen-bond acceptors (Lipinski definition) is 5. The fourth-order valence-electron chi connectivity index (χ4n) is 3.45. The normalized spacial score (nSPS) is 14.6. The Bertz CT molecular complexity index is 902. The zero-order chi connectivity index (χ0) is 25.5. The molecule has 7 nitrogen and oxygen atoms in total. The minimum absolute atomic E-state index is 0.401. The van der Waals surface area contributed by atoms with Crippen LogP contribution < -0.4 is 16.0 Å². The van der Waals surface area contributed by atoms with Crippen molar-refractivity contribution in [2.24, 2.45) is 4.99 Å². The highest BCUT2D eigenvalue weighted by Crippen LogP contribution is 2.20. The number of amides is 2. The molecule has 2 atom stereocenters. The summed E-state index contributed by atoms with van der Waals surface area (Å²) in [5, 5.41) is 19.1. The third-order valence-electron chi connectivity index (χ3n) is 5.36. The van der Waals surface area contributed by atoms with Gasteiger partial charge in [-0.05, 0) is 49.5 Å². The van der Waals surface area contributed by atoms with Crippen LogP contribution in [0.4, 0.5) is 4.79 Å². The van der Waals surface area contributed by atoms with Crippen molar-refractivity contribution in [1.29, 1.82) is 0 Å². The summed E-state index contributed by atoms with van der Waals surface area (Å²) in [6.07, 6.45) is 3.47. The Morgan fingerprint density at radius 3 is 2.50 bits per heavy atom. The van der Waals surface area contributed by atoms with Crippen LogP contribution >= 0.6 is 0 Å². The Kier molecular flexibility index (Phi) is 13.5. The summed E-state index contributed by atoms with van der Waals surface area (Å²) >= 11 is 0. The number of benzene rings is 1. The van der Waals surface area contributed by atoms with Gasteiger partial charge in [-0.3, -0.25) is 4.99 Å². The summed E-state index contributed by atoms with van der Waals surface area (Å²) < 4.78 is 5.03. The van der Waals surface area contributed by atoms with Crippen molar-refractivity contribution in [2.75, 3.05) is 33.9 Å². The molecule has 0 saturated heterocycles. The number of carbonyl (C=O) groups is 1. The zero-order valence-corrected chi connectivity index (χ0v) is 21.1. The number of nitrogens with one attached hydrogen (secondary N) is 3. The average molecular weight is 469 g/mol. The van der Waals surface area contributed by atoms with Gasteiger partial charge in [0.1, 0.15) is 0 Å². The van der Waals surface area contributed by atoms with E-state index in [-0.39, 0.29) is 0 Å². The second-order valence-corrected chi connectivity index (χ2v) is 7.93. The molecule has 0 spiro atoms. The Hall–Kier alpha value is -3.00. The molecule has 186 valence electrons. The summed E-state index contributed by atoms with van der Waals surface area (Å²) in [5.74, 6) is 0. The molecule has 0 aliphatic heterocycles. The third-order valence-corrected chi connectivity index (χ3v) is 5.36. The first-order valence-corrected chi connectivity index (χ1v) is 11.4. The molecule has 0 saturated carbocycles. The highest BCUT2D eigenvalue weighted by molar-refractivity contribution is 6.14. The van der Waals surface area contributed by atoms with E-state index in [4.69, 9.17) is 4.74 Å². The molecule has 0 unspecified atom stereocenters. The maximum Gasteiger partial charge on any atom is 0.319 e. The zero-order valence-electron chi connectivity index (χ0n) is 21.1. The second kappa shape index (κ2) is 15.8. The Morgan fingerprint density at radius 1 is 1.29 bits per heavy atom. The fraction of sp³-hybridized carbons (Fsp3) is 0.407. The fourth-order valence-corrected chi connectivity index (χ4v) is 3.45. The average Bonchev–Trinajstić information content (AvgIpc) is 2.82. The van der Waals surface area contributed by atoms with Crippen molar-refractivity contribution in [3.63, 3.8) is 0 Å². The molecule has 2 amide bonds. The molecule has 0 radical (unpaired) electrons. The Labute approximate surface area is 204 Å². The van der Waals surface area contributed by atoms with Gasteiger partial charge in [-0.15, -0.1) is 0 Å². The first-order chi connectivity index (χ1) is 16.3. The van der Waals surface area contributed by atoms with Crippen LogP contribution in [0.25, 0.3) is 0 Å². The number of methoxy groups -OCH3 is 1. The summed E-state index contributed by atoms with van der Waals surface area (Å²) in [5.41, 5.74) is 4.76. The molecule has 1 aromatic rings. The summed E-state index contributed by atoms with van der Waals surface area (Å²) in [7, 11) is 3.33. The molecule has 7 heteroatoms. The number of ether oxygens (including phenoxy) is 1. The molecule has 0 aromatic heterocycles. The highest BCUT2D eigenvalue weighted by atomic mass is 16.5. The highest BCUT2D eigenvalue weighted by Gasteiger charge is 2.20. The lowest BCUT2D eigenvalue weighted by atomic mass is 9.95. The van der Waals surface area contributed by atoms with Crippen LogP contribution in [-0.2, 0) is 11.2 Å². The van der Waals surface area contributed by atoms with Crippen molar-refractivity contribution < 1.29 is 14.6 Å². The van der Waals surface area contributed by atoms with Crippen LogP contribution in [0, 0.1) is 0 Å². The van der Waals surface area contributed by atoms with E-state index in [0.29, 0.717) is 31.8 Å². The van der Waals surface area contributed by atoms with Crippen molar-refractivity contribution >= 4 is 11.7 Å². The van der Waals surface area contributed by atoms with Crippen LogP contribution in [-0.4, -0.2) is 62.8 Å². The van der Waals surface area contributed by atoms with Crippen LogP contribution in [0.1, 0.15) is 26.3 Å². The third kappa shape index (κ3) is 9.47. The minimum atomic E-state index is -0.745. The molecule has 0 aliphatic carbocycles. The number of carbonyl (C=O) groups excluding carboxylic acids is 1. The first-order valence-electron chi connectivity index (χ1n) is 11.4. The van der Waals surface area contributed by atoms with Gasteiger partial charge >= 0.3 is 6.03 Å². The quantitative estimate of drug-likeness (QED) is 0.191. The van der Waals surface area contributed by atoms with E-state index in [1.165, 1.54) is 0 Å². The van der Waals surface area contributed by atoms with Crippen molar-refractivity contribution in [1.82, 2.24) is 16.0 Å². The molecular weight excluding hydrogens is 428 g/mol. The van der Waals surface area contributed by atoms with Crippen molar-refractivity contribution in [2.45, 2.75) is 39.3 Å². The van der Waals surface area contributed by atoms with Crippen LogP contribution in [0.2, 0.25) is 0 Å². The lowest BCUT2D eigenvalue weighted by molar-refractivity contribution is 0.141. The lowest BCUT2D eigenvalue weighted by Gasteiger charge is -2.24. The molecule has 34 heavy (non-hydrogen) atoms. The summed E-state index contributed by atoms with van der Waals surface area (Å²) in [6, 6.07) is 9.01. The van der Waals surface area contributed by atoms with Gasteiger partial charge in [0, 0.05) is 27.2 Å². The molecule has 0 bridgehead atoms. The molecule has 1 aromatic carbocycles. The number of allylic oxidation sites excluding steroid dienone is 5. The molecule has 0 heterocycles. The predicted octanol–water partition coefficient (Wildman–Crippen LogP) is 3.55. The Morgan fingerprint density at radius 2 is 1.97 bits per heavy atom. The molecular formula is C27H40N4O3. The van der Waals surface area contributed by atoms with Gasteiger partial charge in [0.2, 0.25) is 0 Å². The van der Waals surface area contributed by atoms with Gasteiger partial charge in [0.05, 0.1) is 30.2 Å². The topological polar surface area (TPSA) is 95.0 Å². The van der Waals surface area contributed by atoms with E-state index in [1.807, 2.05) is 50.3 Å². The number of nitrogens with zero attached hydrogens (tertiary/aromatic N) is 1. The molecule has 0 fully saturated rings. The van der Waals surface area contributed by atoms with E-state index in [1.54, 1.807) is 27.2 Å². The van der Waals surface area contributed by atoms with Gasteiger partial charge in [-0.2, -0.15) is 0 Å². The first kappa shape index (κ1) is 29.0. The molecule has 4 N–H and O–H groups in total. The van der Waals surface area contributed by atoms with Gasteiger partial charge in [0.25, 0.3) is 0 Å². The van der Waals surface area contributed by atoms with E-state index < -0.39 is 18.2 Å². The standard InChI is InChI=1S/C27H40N4O3/c1-8-23(9-2)26(28-6)20(4)25(19(3)17-22-13-11-10-12-14-22)31-27(33)30-24(21(5)32)18-29-15-16-34-7/h8-14,21,24,29,32H,1,3,15-18H2,2,4-7H3,(H2,30,31,33)/b23-9+,25-20+,28-26?/t21-,24+/m0/s1. The maximum atomic E-state index is 13.0. The second-order valence-electron chi connectivity index (χ2n) is 7.93.